The van der Waals surface area contributed by atoms with E-state index in [0.29, 0.717) is 34.0 Å². The summed E-state index contributed by atoms with van der Waals surface area (Å²) in [6.07, 6.45) is 0. The Hall–Kier alpha value is -10.3. The van der Waals surface area contributed by atoms with Crippen LogP contribution in [0.15, 0.2) is 96.6 Å². The van der Waals surface area contributed by atoms with Crippen LogP contribution in [0, 0.1) is 75.2 Å². The Labute approximate surface area is 550 Å². The van der Waals surface area contributed by atoms with Gasteiger partial charge < -0.3 is 61.1 Å². The van der Waals surface area contributed by atoms with Crippen LogP contribution in [0.4, 0.5) is 64.4 Å². The van der Waals surface area contributed by atoms with Crippen LogP contribution in [0.5, 0.6) is 0 Å². The van der Waals surface area contributed by atoms with E-state index in [2.05, 4.69) is 47.9 Å². The van der Waals surface area contributed by atoms with Gasteiger partial charge in [0.05, 0.1) is 70.0 Å². The molecule has 0 fully saturated rings. The fraction of sp³-hybridized carbons (Fsp3) is 0.375. The average molecular weight is 1320 g/mol. The van der Waals surface area contributed by atoms with Gasteiger partial charge in [0.1, 0.15) is 86.1 Å². The predicted molar refractivity (Wildman–Crippen MR) is 363 cm³/mol. The number of carbonyl (C=O) groups excluding carboxylic acids is 3. The number of furan rings is 3. The summed E-state index contributed by atoms with van der Waals surface area (Å²) in [5, 5.41) is 25.8. The highest BCUT2D eigenvalue weighted by Gasteiger charge is 2.40. The summed E-state index contributed by atoms with van der Waals surface area (Å²) in [5.74, 6) is 0.837. The third-order valence-electron chi connectivity index (χ3n) is 18.0. The number of amides is 3. The topological polar surface area (TPSA) is 301 Å². The molecule has 9 aromatic rings. The van der Waals surface area contributed by atoms with E-state index in [9.17, 15) is 56.3 Å². The first-order chi connectivity index (χ1) is 44.7. The third-order valence-corrected chi connectivity index (χ3v) is 18.0. The number of benzene rings is 3. The number of hydrogen-bond acceptors (Lipinski definition) is 18. The van der Waals surface area contributed by atoms with Crippen molar-refractivity contribution in [1.29, 1.82) is 0 Å². The zero-order chi connectivity index (χ0) is 70.6. The molecule has 3 aliphatic rings. The molecule has 6 aromatic carbocycles. The number of aryl methyl sites for hydroxylation is 6. The molecule has 6 heterocycles. The molecule has 9 N–H and O–H groups in total. The van der Waals surface area contributed by atoms with Crippen molar-refractivity contribution in [2.45, 2.75) is 161 Å². The van der Waals surface area contributed by atoms with E-state index in [0.717, 1.165) is 34.0 Å². The van der Waals surface area contributed by atoms with Gasteiger partial charge in [-0.15, -0.1) is 0 Å². The minimum atomic E-state index is -0.768. The molecule has 0 spiro atoms. The lowest BCUT2D eigenvalue weighted by Gasteiger charge is -2.31. The molecule has 3 aromatic heterocycles. The van der Waals surface area contributed by atoms with E-state index >= 15 is 0 Å². The Balaban J connectivity index is 0.000000157. The number of nitrogens with one attached hydrogen (secondary N) is 9. The zero-order valence-corrected chi connectivity index (χ0v) is 56.7. The SMILES string of the molecule is Cc1cc([C@H](Nc2c(Nc3c(F)ccc4c3C(=O)NC4C)c(=O)c2=O)C(C)(C)C)oc1C.Cc1cc([C@H](Nc2c(Nc3c(F)ccc4c3C(=O)N[C@@H]4C)c(=O)c2=O)C(C)(C)C)oc1C.Cc1cc([C@H](Nc2c(Nc3c(F)ccc4c3C(=O)N[C@H]4C)c(=O)c2=O)C(C)(C)C)oc1C. The summed E-state index contributed by atoms with van der Waals surface area (Å²) in [5.41, 5.74) is -0.709. The lowest BCUT2D eigenvalue weighted by Crippen LogP contribution is -2.39. The second-order valence-electron chi connectivity index (χ2n) is 28.3. The molecule has 6 atom stereocenters. The molecule has 0 bridgehead atoms. The number of anilines is 9. The molecule has 24 heteroatoms. The van der Waals surface area contributed by atoms with Crippen LogP contribution in [0.3, 0.4) is 0 Å². The third kappa shape index (κ3) is 12.4. The quantitative estimate of drug-likeness (QED) is 0.0431. The molecule has 0 radical (unpaired) electrons. The van der Waals surface area contributed by atoms with Gasteiger partial charge in [0.15, 0.2) is 0 Å². The molecule has 3 amide bonds. The zero-order valence-electron chi connectivity index (χ0n) is 56.7. The molecule has 96 heavy (non-hydrogen) atoms. The van der Waals surface area contributed by atoms with E-state index in [1.165, 1.54) is 36.4 Å². The molecule has 1 unspecified atom stereocenters. The standard InChI is InChI=1S/3C24H26FN3O4/c3*1-10-9-15(32-12(10)3)22(24(4,5)6)28-19-18(20(29)21(19)30)27-17-14(25)8-7-13-11(2)26-23(31)16(13)17/h3*7-9,11,22,27-28H,1-6H3,(H,26,31)/t11?,22-;11-,22+;11-,22-/m010/s1. The summed E-state index contributed by atoms with van der Waals surface area (Å²) in [4.78, 5) is 112. The molecule has 3 aliphatic heterocycles. The monoisotopic (exact) mass is 1320 g/mol. The van der Waals surface area contributed by atoms with Crippen LogP contribution < -0.4 is 80.4 Å². The normalized spacial score (nSPS) is 16.7. The number of rotatable bonds is 15. The van der Waals surface area contributed by atoms with Gasteiger partial charge in [0.25, 0.3) is 50.3 Å². The van der Waals surface area contributed by atoms with Crippen LogP contribution >= 0.6 is 0 Å². The maximum absolute atomic E-state index is 14.7. The lowest BCUT2D eigenvalue weighted by atomic mass is 9.84. The smallest absolute Gasteiger partial charge is 0.254 e. The summed E-state index contributed by atoms with van der Waals surface area (Å²) in [6.45, 7) is 34.5. The van der Waals surface area contributed by atoms with Crippen LogP contribution in [-0.2, 0) is 0 Å². The van der Waals surface area contributed by atoms with Crippen molar-refractivity contribution in [2.24, 2.45) is 16.2 Å². The van der Waals surface area contributed by atoms with E-state index in [-0.39, 0.29) is 102 Å². The first-order valence-electron chi connectivity index (χ1n) is 31.4. The molecular weight excluding hydrogens is 1240 g/mol. The van der Waals surface area contributed by atoms with Crippen LogP contribution in [0.25, 0.3) is 0 Å². The summed E-state index contributed by atoms with van der Waals surface area (Å²) < 4.78 is 61.7. The summed E-state index contributed by atoms with van der Waals surface area (Å²) >= 11 is 0. The second kappa shape index (κ2) is 24.8. The Morgan fingerprint density at radius 2 is 0.573 bits per heavy atom. The van der Waals surface area contributed by atoms with Gasteiger partial charge >= 0.3 is 0 Å². The average Bonchev–Trinajstić information content (AvgIpc) is 0.990. The van der Waals surface area contributed by atoms with Crippen molar-refractivity contribution in [3.05, 3.63) is 218 Å². The molecule has 504 valence electrons. The van der Waals surface area contributed by atoms with Gasteiger partial charge in [-0.3, -0.25) is 43.2 Å². The highest BCUT2D eigenvalue weighted by Crippen LogP contribution is 2.44. The largest absolute Gasteiger partial charge is 0.464 e. The highest BCUT2D eigenvalue weighted by atomic mass is 19.1. The second-order valence-corrected chi connectivity index (χ2v) is 28.3. The number of hydrogen-bond donors (Lipinski definition) is 9. The predicted octanol–water partition coefficient (Wildman–Crippen LogP) is 13.1. The summed E-state index contributed by atoms with van der Waals surface area (Å²) in [7, 11) is 0. The van der Waals surface area contributed by atoms with Crippen LogP contribution in [0.1, 0.15) is 218 Å². The number of carbonyl (C=O) groups is 3. The van der Waals surface area contributed by atoms with Crippen molar-refractivity contribution in [3.63, 3.8) is 0 Å². The summed E-state index contributed by atoms with van der Waals surface area (Å²) in [6, 6.07) is 11.9. The number of halogens is 3. The molecule has 0 saturated heterocycles. The Kier molecular flexibility index (Phi) is 17.7. The van der Waals surface area contributed by atoms with Gasteiger partial charge in [0, 0.05) is 0 Å². The lowest BCUT2D eigenvalue weighted by molar-refractivity contribution is 0.0950. The van der Waals surface area contributed by atoms with Gasteiger partial charge in [-0.2, -0.15) is 0 Å². The minimum Gasteiger partial charge on any atom is -0.464 e. The van der Waals surface area contributed by atoms with Gasteiger partial charge in [-0.1, -0.05) is 80.5 Å². The molecular formula is C72H78F3N9O12. The van der Waals surface area contributed by atoms with E-state index in [4.69, 9.17) is 13.3 Å². The first-order valence-corrected chi connectivity index (χ1v) is 31.4. The minimum absolute atomic E-state index is 0.0464. The van der Waals surface area contributed by atoms with Crippen molar-refractivity contribution < 1.29 is 40.8 Å². The van der Waals surface area contributed by atoms with Gasteiger partial charge in [-0.05, 0) is 148 Å². The number of fused-ring (bicyclic) bond motifs is 3. The van der Waals surface area contributed by atoms with E-state index in [1.807, 2.05) is 122 Å². The Morgan fingerprint density at radius 3 is 0.771 bits per heavy atom. The maximum atomic E-state index is 14.7. The molecule has 0 aliphatic carbocycles. The Morgan fingerprint density at radius 1 is 0.354 bits per heavy atom. The van der Waals surface area contributed by atoms with Gasteiger partial charge in [-0.25, -0.2) is 13.2 Å². The Bertz CT molecular complexity index is 4350. The van der Waals surface area contributed by atoms with Crippen molar-refractivity contribution in [3.8, 4) is 0 Å². The molecule has 0 saturated carbocycles. The van der Waals surface area contributed by atoms with Crippen molar-refractivity contribution in [2.75, 3.05) is 31.9 Å². The molecule has 12 rings (SSSR count). The maximum Gasteiger partial charge on any atom is 0.254 e. The fourth-order valence-electron chi connectivity index (χ4n) is 12.1. The van der Waals surface area contributed by atoms with E-state index < -0.39 is 85.9 Å². The first kappa shape index (κ1) is 68.6. The molecule has 21 nitrogen and oxygen atoms in total. The van der Waals surface area contributed by atoms with Crippen LogP contribution in [-0.4, -0.2) is 17.7 Å². The fourth-order valence-corrected chi connectivity index (χ4v) is 12.1. The highest BCUT2D eigenvalue weighted by molar-refractivity contribution is 6.07. The van der Waals surface area contributed by atoms with Gasteiger partial charge in [0.2, 0.25) is 0 Å². The van der Waals surface area contributed by atoms with E-state index in [1.54, 1.807) is 20.8 Å². The van der Waals surface area contributed by atoms with Crippen molar-refractivity contribution >= 4 is 68.9 Å². The van der Waals surface area contributed by atoms with Crippen LogP contribution in [0.2, 0.25) is 0 Å². The van der Waals surface area contributed by atoms with Crippen molar-refractivity contribution in [1.82, 2.24) is 16.0 Å².